The minimum absolute atomic E-state index is 0.0905. The molecule has 1 saturated heterocycles. The molecular weight excluding hydrogens is 260 g/mol. The first-order chi connectivity index (χ1) is 8.61. The zero-order chi connectivity index (χ0) is 13.1. The van der Waals surface area contributed by atoms with Crippen LogP contribution < -0.4 is 0 Å². The van der Waals surface area contributed by atoms with Gasteiger partial charge in [-0.25, -0.2) is 5.06 Å². The Morgan fingerprint density at radius 3 is 2.83 bits per heavy atom. The van der Waals surface area contributed by atoms with Gasteiger partial charge < -0.3 is 0 Å². The van der Waals surface area contributed by atoms with E-state index in [0.29, 0.717) is 13.2 Å². The number of nitro groups is 1. The fraction of sp³-hybridized carbons (Fsp3) is 0.364. The molecule has 1 aromatic carbocycles. The normalized spacial score (nSPS) is 15.5. The summed E-state index contributed by atoms with van der Waals surface area (Å²) in [6, 6.07) is 4.15. The fourth-order valence-electron chi connectivity index (χ4n) is 1.72. The highest BCUT2D eigenvalue weighted by atomic mass is 35.5. The Morgan fingerprint density at radius 1 is 1.44 bits per heavy atom. The second-order valence-corrected chi connectivity index (χ2v) is 4.22. The summed E-state index contributed by atoms with van der Waals surface area (Å²) in [5.74, 6) is -0.441. The van der Waals surface area contributed by atoms with Gasteiger partial charge in [-0.3, -0.25) is 19.7 Å². The van der Waals surface area contributed by atoms with Gasteiger partial charge in [0.2, 0.25) is 0 Å². The Morgan fingerprint density at radius 2 is 2.22 bits per heavy atom. The number of nitro benzene ring substituents is 1. The van der Waals surface area contributed by atoms with Crippen LogP contribution in [0.5, 0.6) is 0 Å². The summed E-state index contributed by atoms with van der Waals surface area (Å²) >= 11 is 5.87. The number of amides is 1. The average molecular weight is 271 g/mol. The molecule has 0 unspecified atom stereocenters. The van der Waals surface area contributed by atoms with Crippen molar-refractivity contribution in [3.8, 4) is 0 Å². The molecule has 1 heterocycles. The lowest BCUT2D eigenvalue weighted by Gasteiger charge is -2.26. The summed E-state index contributed by atoms with van der Waals surface area (Å²) in [4.78, 5) is 27.4. The zero-order valence-corrected chi connectivity index (χ0v) is 10.2. The van der Waals surface area contributed by atoms with Gasteiger partial charge in [-0.15, -0.1) is 0 Å². The number of hydrogen-bond acceptors (Lipinski definition) is 4. The molecule has 0 aliphatic carbocycles. The van der Waals surface area contributed by atoms with E-state index in [1.807, 2.05) is 0 Å². The van der Waals surface area contributed by atoms with Crippen LogP contribution in [0.25, 0.3) is 0 Å². The molecule has 0 bridgehead atoms. The van der Waals surface area contributed by atoms with Crippen molar-refractivity contribution in [2.75, 3.05) is 13.2 Å². The van der Waals surface area contributed by atoms with E-state index in [-0.39, 0.29) is 16.3 Å². The molecule has 1 aliphatic rings. The lowest BCUT2D eigenvalue weighted by molar-refractivity contribution is -0.384. The summed E-state index contributed by atoms with van der Waals surface area (Å²) in [5, 5.41) is 11.8. The average Bonchev–Trinajstić information content (AvgIpc) is 2.39. The molecule has 0 saturated carbocycles. The molecule has 1 aliphatic heterocycles. The molecule has 7 heteroatoms. The molecule has 1 amide bonds. The first-order valence-corrected chi connectivity index (χ1v) is 5.86. The second-order valence-electron chi connectivity index (χ2n) is 3.84. The number of rotatable bonds is 2. The van der Waals surface area contributed by atoms with Gasteiger partial charge in [0.1, 0.15) is 5.02 Å². The first kappa shape index (κ1) is 12.8. The minimum atomic E-state index is -0.615. The predicted molar refractivity (Wildman–Crippen MR) is 64.3 cm³/mol. The number of halogens is 1. The van der Waals surface area contributed by atoms with Gasteiger partial charge in [0.25, 0.3) is 11.6 Å². The van der Waals surface area contributed by atoms with Crippen molar-refractivity contribution in [1.82, 2.24) is 5.06 Å². The smallest absolute Gasteiger partial charge is 0.271 e. The maximum Gasteiger partial charge on any atom is 0.288 e. The van der Waals surface area contributed by atoms with E-state index >= 15 is 0 Å². The maximum atomic E-state index is 12.1. The Labute approximate surface area is 108 Å². The SMILES string of the molecule is O=C(c1cccc([N+](=O)[O-])c1Cl)N1CCCCO1. The molecule has 0 spiro atoms. The molecule has 6 nitrogen and oxygen atoms in total. The van der Waals surface area contributed by atoms with Gasteiger partial charge in [0, 0.05) is 12.6 Å². The standard InChI is InChI=1S/C11H11ClN2O4/c12-10-8(4-3-5-9(10)14(16)17)11(15)13-6-1-2-7-18-13/h3-5H,1-2,6-7H2. The molecule has 2 rings (SSSR count). The third kappa shape index (κ3) is 2.44. The van der Waals surface area contributed by atoms with E-state index in [0.717, 1.165) is 12.8 Å². The van der Waals surface area contributed by atoms with Crippen molar-refractivity contribution >= 4 is 23.2 Å². The highest BCUT2D eigenvalue weighted by Gasteiger charge is 2.25. The van der Waals surface area contributed by atoms with Crippen LogP contribution in [0.15, 0.2) is 18.2 Å². The van der Waals surface area contributed by atoms with Crippen LogP contribution in [0.3, 0.4) is 0 Å². The van der Waals surface area contributed by atoms with E-state index in [2.05, 4.69) is 0 Å². The number of carbonyl (C=O) groups is 1. The number of hydroxylamine groups is 2. The summed E-state index contributed by atoms with van der Waals surface area (Å²) in [6.07, 6.45) is 1.74. The van der Waals surface area contributed by atoms with Crippen molar-refractivity contribution < 1.29 is 14.6 Å². The monoisotopic (exact) mass is 270 g/mol. The molecular formula is C11H11ClN2O4. The van der Waals surface area contributed by atoms with Crippen LogP contribution in [-0.2, 0) is 4.84 Å². The van der Waals surface area contributed by atoms with Crippen LogP contribution in [0.1, 0.15) is 23.2 Å². The van der Waals surface area contributed by atoms with E-state index in [1.165, 1.54) is 23.3 Å². The first-order valence-electron chi connectivity index (χ1n) is 5.49. The van der Waals surface area contributed by atoms with Gasteiger partial charge in [-0.05, 0) is 18.9 Å². The highest BCUT2D eigenvalue weighted by Crippen LogP contribution is 2.29. The van der Waals surface area contributed by atoms with Crippen molar-refractivity contribution in [1.29, 1.82) is 0 Å². The fourth-order valence-corrected chi connectivity index (χ4v) is 1.99. The quantitative estimate of drug-likeness (QED) is 0.611. The number of nitrogens with zero attached hydrogens (tertiary/aromatic N) is 2. The largest absolute Gasteiger partial charge is 0.288 e. The number of carbonyl (C=O) groups excluding carboxylic acids is 1. The molecule has 0 radical (unpaired) electrons. The minimum Gasteiger partial charge on any atom is -0.271 e. The molecule has 1 aromatic rings. The second kappa shape index (κ2) is 5.32. The third-order valence-corrected chi connectivity index (χ3v) is 3.03. The van der Waals surface area contributed by atoms with Crippen LogP contribution >= 0.6 is 11.6 Å². The molecule has 1 fully saturated rings. The number of hydrogen-bond donors (Lipinski definition) is 0. The Bertz CT molecular complexity index is 486. The molecule has 18 heavy (non-hydrogen) atoms. The van der Waals surface area contributed by atoms with Crippen LogP contribution in [0, 0.1) is 10.1 Å². The summed E-state index contributed by atoms with van der Waals surface area (Å²) in [7, 11) is 0. The van der Waals surface area contributed by atoms with Crippen molar-refractivity contribution in [3.05, 3.63) is 38.9 Å². The van der Waals surface area contributed by atoms with Crippen molar-refractivity contribution in [2.45, 2.75) is 12.8 Å². The maximum absolute atomic E-state index is 12.1. The van der Waals surface area contributed by atoms with E-state index in [9.17, 15) is 14.9 Å². The lowest BCUT2D eigenvalue weighted by Crippen LogP contribution is -2.35. The van der Waals surface area contributed by atoms with E-state index in [1.54, 1.807) is 0 Å². The van der Waals surface area contributed by atoms with Gasteiger partial charge in [0.15, 0.2) is 0 Å². The zero-order valence-electron chi connectivity index (χ0n) is 9.47. The Kier molecular flexibility index (Phi) is 3.78. The Balaban J connectivity index is 2.30. The van der Waals surface area contributed by atoms with Gasteiger partial charge in [0.05, 0.1) is 17.1 Å². The van der Waals surface area contributed by atoms with Crippen LogP contribution in [0.4, 0.5) is 5.69 Å². The summed E-state index contributed by atoms with van der Waals surface area (Å²) in [5.41, 5.74) is -0.188. The third-order valence-electron chi connectivity index (χ3n) is 2.63. The predicted octanol–water partition coefficient (Wildman–Crippen LogP) is 2.42. The molecule has 0 atom stereocenters. The van der Waals surface area contributed by atoms with Gasteiger partial charge >= 0.3 is 0 Å². The molecule has 96 valence electrons. The van der Waals surface area contributed by atoms with E-state index < -0.39 is 10.8 Å². The summed E-state index contributed by atoms with van der Waals surface area (Å²) in [6.45, 7) is 0.941. The summed E-state index contributed by atoms with van der Waals surface area (Å²) < 4.78 is 0. The van der Waals surface area contributed by atoms with Crippen molar-refractivity contribution in [3.63, 3.8) is 0 Å². The topological polar surface area (TPSA) is 72.7 Å². The molecule has 0 N–H and O–H groups in total. The van der Waals surface area contributed by atoms with Crippen LogP contribution in [-0.4, -0.2) is 29.0 Å². The van der Waals surface area contributed by atoms with Gasteiger partial charge in [-0.2, -0.15) is 0 Å². The highest BCUT2D eigenvalue weighted by molar-refractivity contribution is 6.35. The van der Waals surface area contributed by atoms with Gasteiger partial charge in [-0.1, -0.05) is 17.7 Å². The number of benzene rings is 1. The Hall–Kier alpha value is -1.66. The molecule has 0 aromatic heterocycles. The van der Waals surface area contributed by atoms with E-state index in [4.69, 9.17) is 16.4 Å². The van der Waals surface area contributed by atoms with Crippen LogP contribution in [0.2, 0.25) is 5.02 Å². The lowest BCUT2D eigenvalue weighted by atomic mass is 10.1. The van der Waals surface area contributed by atoms with Crippen molar-refractivity contribution in [2.24, 2.45) is 0 Å².